The molecule has 0 aromatic heterocycles. The monoisotopic (exact) mass is 268 g/mol. The number of hydrogen-bond donors (Lipinski definition) is 1. The fourth-order valence-corrected chi connectivity index (χ4v) is 2.86. The van der Waals surface area contributed by atoms with E-state index in [0.717, 1.165) is 12.8 Å². The molecule has 1 saturated heterocycles. The lowest BCUT2D eigenvalue weighted by Gasteiger charge is -2.37. The quantitative estimate of drug-likeness (QED) is 0.801. The molecule has 1 rings (SSSR count). The molecule has 0 aromatic carbocycles. The Bertz CT molecular complexity index is 318. The van der Waals surface area contributed by atoms with Crippen LogP contribution in [0.5, 0.6) is 0 Å². The Kier molecular flexibility index (Phi) is 5.83. The molecule has 2 amide bonds. The second kappa shape index (κ2) is 6.92. The highest BCUT2D eigenvalue weighted by molar-refractivity contribution is 5.94. The van der Waals surface area contributed by atoms with E-state index in [1.807, 2.05) is 6.92 Å². The average molecular weight is 268 g/mol. The molecular formula is C15H28N2O2. The first-order chi connectivity index (χ1) is 8.86. The van der Waals surface area contributed by atoms with Crippen LogP contribution in [0.2, 0.25) is 0 Å². The Morgan fingerprint density at radius 3 is 2.26 bits per heavy atom. The SMILES string of the molecule is CCCC1NC(=O)CN(CC(C(C)C)C(C)C)C1=O. The second-order valence-corrected chi connectivity index (χ2v) is 6.28. The van der Waals surface area contributed by atoms with Crippen LogP contribution in [0.3, 0.4) is 0 Å². The first kappa shape index (κ1) is 16.0. The summed E-state index contributed by atoms with van der Waals surface area (Å²) in [6.07, 6.45) is 1.64. The van der Waals surface area contributed by atoms with Gasteiger partial charge in [-0.3, -0.25) is 9.59 Å². The summed E-state index contributed by atoms with van der Waals surface area (Å²) >= 11 is 0. The molecule has 0 aromatic rings. The number of rotatable bonds is 6. The van der Waals surface area contributed by atoms with E-state index >= 15 is 0 Å². The lowest BCUT2D eigenvalue weighted by Crippen LogP contribution is -2.59. The van der Waals surface area contributed by atoms with Crippen molar-refractivity contribution < 1.29 is 9.59 Å². The Labute approximate surface area is 116 Å². The second-order valence-electron chi connectivity index (χ2n) is 6.28. The van der Waals surface area contributed by atoms with Gasteiger partial charge in [-0.1, -0.05) is 41.0 Å². The van der Waals surface area contributed by atoms with E-state index in [-0.39, 0.29) is 24.4 Å². The fourth-order valence-electron chi connectivity index (χ4n) is 2.86. The Balaban J connectivity index is 2.74. The van der Waals surface area contributed by atoms with E-state index in [2.05, 4.69) is 33.0 Å². The van der Waals surface area contributed by atoms with Crippen LogP contribution >= 0.6 is 0 Å². The molecule has 19 heavy (non-hydrogen) atoms. The Morgan fingerprint density at radius 2 is 1.79 bits per heavy atom. The number of hydrogen-bond acceptors (Lipinski definition) is 2. The lowest BCUT2D eigenvalue weighted by molar-refractivity contribution is -0.145. The highest BCUT2D eigenvalue weighted by Crippen LogP contribution is 2.23. The number of amides is 2. The zero-order valence-electron chi connectivity index (χ0n) is 12.9. The van der Waals surface area contributed by atoms with Crippen LogP contribution in [0.25, 0.3) is 0 Å². The maximum Gasteiger partial charge on any atom is 0.245 e. The largest absolute Gasteiger partial charge is 0.343 e. The van der Waals surface area contributed by atoms with Gasteiger partial charge in [-0.25, -0.2) is 0 Å². The Hall–Kier alpha value is -1.06. The zero-order chi connectivity index (χ0) is 14.6. The van der Waals surface area contributed by atoms with Crippen molar-refractivity contribution in [3.05, 3.63) is 0 Å². The molecule has 1 aliphatic heterocycles. The molecule has 110 valence electrons. The number of nitrogens with zero attached hydrogens (tertiary/aromatic N) is 1. The molecule has 1 fully saturated rings. The maximum atomic E-state index is 12.4. The summed E-state index contributed by atoms with van der Waals surface area (Å²) < 4.78 is 0. The van der Waals surface area contributed by atoms with Crippen LogP contribution in [-0.2, 0) is 9.59 Å². The number of piperazine rings is 1. The predicted octanol–water partition coefficient (Wildman–Crippen LogP) is 2.04. The van der Waals surface area contributed by atoms with Gasteiger partial charge in [-0.15, -0.1) is 0 Å². The highest BCUT2D eigenvalue weighted by Gasteiger charge is 2.34. The van der Waals surface area contributed by atoms with Crippen molar-refractivity contribution in [2.75, 3.05) is 13.1 Å². The van der Waals surface area contributed by atoms with Crippen LogP contribution in [0, 0.1) is 17.8 Å². The first-order valence-corrected chi connectivity index (χ1v) is 7.44. The van der Waals surface area contributed by atoms with Crippen molar-refractivity contribution in [3.63, 3.8) is 0 Å². The summed E-state index contributed by atoms with van der Waals surface area (Å²) in [6.45, 7) is 11.7. The number of nitrogens with one attached hydrogen (secondary N) is 1. The smallest absolute Gasteiger partial charge is 0.245 e. The van der Waals surface area contributed by atoms with E-state index in [0.29, 0.717) is 24.3 Å². The van der Waals surface area contributed by atoms with Crippen molar-refractivity contribution in [3.8, 4) is 0 Å². The third kappa shape index (κ3) is 4.22. The molecule has 0 spiro atoms. The van der Waals surface area contributed by atoms with Gasteiger partial charge in [0.15, 0.2) is 0 Å². The van der Waals surface area contributed by atoms with Gasteiger partial charge in [0, 0.05) is 6.54 Å². The summed E-state index contributed by atoms with van der Waals surface area (Å²) in [5.74, 6) is 1.54. The van der Waals surface area contributed by atoms with Gasteiger partial charge in [-0.2, -0.15) is 0 Å². The molecule has 1 N–H and O–H groups in total. The third-order valence-corrected chi connectivity index (χ3v) is 4.00. The van der Waals surface area contributed by atoms with Crippen molar-refractivity contribution in [2.45, 2.75) is 53.5 Å². The van der Waals surface area contributed by atoms with E-state index in [9.17, 15) is 9.59 Å². The molecule has 0 aliphatic carbocycles. The van der Waals surface area contributed by atoms with E-state index < -0.39 is 0 Å². The Morgan fingerprint density at radius 1 is 1.21 bits per heavy atom. The summed E-state index contributed by atoms with van der Waals surface area (Å²) in [5, 5.41) is 2.80. The van der Waals surface area contributed by atoms with Gasteiger partial charge in [0.1, 0.15) is 6.04 Å². The molecule has 1 atom stereocenters. The fraction of sp³-hybridized carbons (Fsp3) is 0.867. The van der Waals surface area contributed by atoms with Crippen molar-refractivity contribution in [1.82, 2.24) is 10.2 Å². The van der Waals surface area contributed by atoms with Gasteiger partial charge in [0.25, 0.3) is 0 Å². The van der Waals surface area contributed by atoms with Crippen LogP contribution in [0.1, 0.15) is 47.5 Å². The van der Waals surface area contributed by atoms with Crippen molar-refractivity contribution >= 4 is 11.8 Å². The topological polar surface area (TPSA) is 49.4 Å². The first-order valence-electron chi connectivity index (χ1n) is 7.44. The van der Waals surface area contributed by atoms with Crippen LogP contribution < -0.4 is 5.32 Å². The minimum Gasteiger partial charge on any atom is -0.343 e. The minimum absolute atomic E-state index is 0.0238. The minimum atomic E-state index is -0.314. The number of carbonyl (C=O) groups excluding carboxylic acids is 2. The molecule has 0 saturated carbocycles. The summed E-state index contributed by atoms with van der Waals surface area (Å²) in [6, 6.07) is -0.314. The molecule has 1 aliphatic rings. The summed E-state index contributed by atoms with van der Waals surface area (Å²) in [5.41, 5.74) is 0. The molecular weight excluding hydrogens is 240 g/mol. The van der Waals surface area contributed by atoms with Crippen molar-refractivity contribution in [1.29, 1.82) is 0 Å². The van der Waals surface area contributed by atoms with Gasteiger partial charge in [-0.05, 0) is 24.2 Å². The summed E-state index contributed by atoms with van der Waals surface area (Å²) in [4.78, 5) is 25.8. The standard InChI is InChI=1S/C15H28N2O2/c1-6-7-13-15(19)17(9-14(18)16-13)8-12(10(2)3)11(4)5/h10-13H,6-9H2,1-5H3,(H,16,18). The van der Waals surface area contributed by atoms with Gasteiger partial charge >= 0.3 is 0 Å². The molecule has 0 radical (unpaired) electrons. The van der Waals surface area contributed by atoms with Gasteiger partial charge in [0.2, 0.25) is 11.8 Å². The van der Waals surface area contributed by atoms with Gasteiger partial charge < -0.3 is 10.2 Å². The molecule has 0 bridgehead atoms. The average Bonchev–Trinajstić information content (AvgIpc) is 2.30. The van der Waals surface area contributed by atoms with Crippen LogP contribution in [0.15, 0.2) is 0 Å². The maximum absolute atomic E-state index is 12.4. The molecule has 4 heteroatoms. The number of carbonyl (C=O) groups is 2. The van der Waals surface area contributed by atoms with E-state index in [1.54, 1.807) is 4.90 Å². The lowest BCUT2D eigenvalue weighted by atomic mass is 9.85. The van der Waals surface area contributed by atoms with Crippen LogP contribution in [-0.4, -0.2) is 35.8 Å². The molecule has 4 nitrogen and oxygen atoms in total. The normalized spacial score (nSPS) is 20.6. The van der Waals surface area contributed by atoms with Crippen LogP contribution in [0.4, 0.5) is 0 Å². The molecule has 1 heterocycles. The highest BCUT2D eigenvalue weighted by atomic mass is 16.2. The third-order valence-electron chi connectivity index (χ3n) is 4.00. The van der Waals surface area contributed by atoms with Crippen molar-refractivity contribution in [2.24, 2.45) is 17.8 Å². The molecule has 1 unspecified atom stereocenters. The zero-order valence-corrected chi connectivity index (χ0v) is 12.9. The predicted molar refractivity (Wildman–Crippen MR) is 76.6 cm³/mol. The summed E-state index contributed by atoms with van der Waals surface area (Å²) in [7, 11) is 0. The van der Waals surface area contributed by atoms with E-state index in [4.69, 9.17) is 0 Å². The van der Waals surface area contributed by atoms with E-state index in [1.165, 1.54) is 0 Å². The van der Waals surface area contributed by atoms with Gasteiger partial charge in [0.05, 0.1) is 6.54 Å².